The van der Waals surface area contributed by atoms with Crippen LogP contribution in [0.15, 0.2) is 115 Å². The van der Waals surface area contributed by atoms with Crippen LogP contribution in [-0.2, 0) is 37.6 Å². The molecule has 6 atom stereocenters. The number of amides is 4. The highest BCUT2D eigenvalue weighted by atomic mass is 35.5. The van der Waals surface area contributed by atoms with Crippen molar-refractivity contribution < 1.29 is 29.0 Å². The Bertz CT molecular complexity index is 2240. The van der Waals surface area contributed by atoms with Crippen LogP contribution in [0.4, 0.5) is 5.69 Å². The van der Waals surface area contributed by atoms with Crippen molar-refractivity contribution in [2.75, 3.05) is 12.5 Å². The monoisotopic (exact) mass is 761 g/mol. The van der Waals surface area contributed by atoms with Gasteiger partial charge in [0.25, 0.3) is 11.8 Å². The predicted molar refractivity (Wildman–Crippen MR) is 205 cm³/mol. The second-order valence-electron chi connectivity index (χ2n) is 14.3. The third-order valence-corrected chi connectivity index (χ3v) is 12.2. The molecule has 6 unspecified atom stereocenters. The molecule has 9 nitrogen and oxygen atoms in total. The number of benzene rings is 4. The zero-order chi connectivity index (χ0) is 37.9. The van der Waals surface area contributed by atoms with Crippen LogP contribution in [0.25, 0.3) is 0 Å². The Hall–Kier alpha value is -5.38. The molecule has 274 valence electrons. The molecule has 8 rings (SSSR count). The van der Waals surface area contributed by atoms with Crippen molar-refractivity contribution in [3.05, 3.63) is 148 Å². The van der Waals surface area contributed by atoms with Crippen molar-refractivity contribution in [3.63, 3.8) is 0 Å². The molecule has 54 heavy (non-hydrogen) atoms. The number of methoxy groups -OCH3 is 1. The van der Waals surface area contributed by atoms with Crippen LogP contribution in [0.1, 0.15) is 41.0 Å². The fourth-order valence-corrected chi connectivity index (χ4v) is 9.79. The summed E-state index contributed by atoms with van der Waals surface area (Å²) in [5.41, 5.74) is 4.85. The van der Waals surface area contributed by atoms with E-state index in [0.717, 1.165) is 16.1 Å². The molecule has 2 saturated heterocycles. The molecule has 4 amide bonds. The number of imide groups is 2. The quantitative estimate of drug-likeness (QED) is 0.133. The summed E-state index contributed by atoms with van der Waals surface area (Å²) in [4.78, 5) is 60.3. The molecule has 1 saturated carbocycles. The van der Waals surface area contributed by atoms with Crippen molar-refractivity contribution >= 4 is 52.5 Å². The van der Waals surface area contributed by atoms with Gasteiger partial charge in [0.2, 0.25) is 11.8 Å². The fourth-order valence-electron chi connectivity index (χ4n) is 9.34. The Morgan fingerprint density at radius 1 is 0.926 bits per heavy atom. The van der Waals surface area contributed by atoms with Gasteiger partial charge in [0, 0.05) is 16.5 Å². The molecular weight excluding hydrogens is 725 g/mol. The second kappa shape index (κ2) is 13.8. The number of allylic oxidation sites excluding steroid dienone is 3. The first-order valence-corrected chi connectivity index (χ1v) is 18.6. The number of halogens is 2. The average Bonchev–Trinajstić information content (AvgIpc) is 3.54. The average molecular weight is 763 g/mol. The van der Waals surface area contributed by atoms with Crippen molar-refractivity contribution in [2.24, 2.45) is 23.7 Å². The highest BCUT2D eigenvalue weighted by molar-refractivity contribution is 6.36. The molecule has 0 aromatic heterocycles. The van der Waals surface area contributed by atoms with E-state index in [1.165, 1.54) is 11.0 Å². The van der Waals surface area contributed by atoms with Gasteiger partial charge in [0.1, 0.15) is 11.5 Å². The largest absolute Gasteiger partial charge is 0.507 e. The van der Waals surface area contributed by atoms with Crippen molar-refractivity contribution in [2.45, 2.75) is 37.1 Å². The summed E-state index contributed by atoms with van der Waals surface area (Å²) >= 11 is 12.7. The van der Waals surface area contributed by atoms with Gasteiger partial charge in [-0.2, -0.15) is 5.01 Å². The number of carbonyl (C=O) groups is 4. The number of likely N-dealkylation sites (tertiary alicyclic amines) is 1. The summed E-state index contributed by atoms with van der Waals surface area (Å²) in [5, 5.41) is 13.6. The lowest BCUT2D eigenvalue weighted by Crippen LogP contribution is -2.53. The Kier molecular flexibility index (Phi) is 9.10. The first kappa shape index (κ1) is 35.6. The van der Waals surface area contributed by atoms with Crippen molar-refractivity contribution in [1.29, 1.82) is 0 Å². The summed E-state index contributed by atoms with van der Waals surface area (Å²) in [6, 6.07) is 26.5. The highest BCUT2D eigenvalue weighted by Gasteiger charge is 2.70. The lowest BCUT2D eigenvalue weighted by molar-refractivity contribution is -0.142. The van der Waals surface area contributed by atoms with Gasteiger partial charge < -0.3 is 9.84 Å². The molecule has 4 aliphatic rings. The Morgan fingerprint density at radius 3 is 2.39 bits per heavy atom. The van der Waals surface area contributed by atoms with E-state index in [1.54, 1.807) is 61.7 Å². The topological polar surface area (TPSA) is 116 Å². The molecule has 3 fully saturated rings. The summed E-state index contributed by atoms with van der Waals surface area (Å²) in [6.45, 7) is 4.00. The van der Waals surface area contributed by atoms with Crippen molar-refractivity contribution in [3.8, 4) is 11.5 Å². The van der Waals surface area contributed by atoms with E-state index >= 15 is 4.79 Å². The third-order valence-electron chi connectivity index (χ3n) is 11.7. The minimum Gasteiger partial charge on any atom is -0.507 e. The van der Waals surface area contributed by atoms with Crippen LogP contribution in [0.2, 0.25) is 10.0 Å². The molecule has 2 aliphatic heterocycles. The van der Waals surface area contributed by atoms with Gasteiger partial charge in [0.15, 0.2) is 0 Å². The summed E-state index contributed by atoms with van der Waals surface area (Å²) in [5.74, 6) is -4.98. The van der Waals surface area contributed by atoms with Gasteiger partial charge in [-0.3, -0.25) is 29.5 Å². The standard InChI is InChI=1S/C43H37Cl2N3O6/c1-3-8-25-11-7-12-31(38(25)49)37-29-18-19-30-36(41(52)47(39(30)50)23-24-9-5-4-6-10-24)32(29)22-33-40(51)48(46-35-20-15-27(44)21-34(35)45)42(53)43(33,37)26-13-16-28(54-2)17-14-26/h3-7,9-18,20-21,30,32-33,36-37,46,49H,1,8,19,22-23H2,2H3. The number of rotatable bonds is 9. The third kappa shape index (κ3) is 5.43. The summed E-state index contributed by atoms with van der Waals surface area (Å²) in [6.07, 6.45) is 4.39. The Labute approximate surface area is 322 Å². The van der Waals surface area contributed by atoms with E-state index in [4.69, 9.17) is 27.9 Å². The molecule has 11 heteroatoms. The molecule has 0 radical (unpaired) electrons. The van der Waals surface area contributed by atoms with E-state index in [-0.39, 0.29) is 42.0 Å². The van der Waals surface area contributed by atoms with Crippen LogP contribution in [0, 0.1) is 23.7 Å². The van der Waals surface area contributed by atoms with Gasteiger partial charge in [-0.25, -0.2) is 0 Å². The Balaban J connectivity index is 1.33. The zero-order valence-corrected chi connectivity index (χ0v) is 30.9. The molecule has 2 heterocycles. The number of nitrogens with one attached hydrogen (secondary N) is 1. The van der Waals surface area contributed by atoms with Crippen LogP contribution in [0.5, 0.6) is 11.5 Å². The van der Waals surface area contributed by atoms with Gasteiger partial charge in [-0.1, -0.05) is 102 Å². The molecule has 2 N–H and O–H groups in total. The number of hydrogen-bond donors (Lipinski definition) is 2. The van der Waals surface area contributed by atoms with Crippen LogP contribution in [-0.4, -0.2) is 45.8 Å². The number of para-hydroxylation sites is 1. The van der Waals surface area contributed by atoms with E-state index in [1.807, 2.05) is 42.5 Å². The predicted octanol–water partition coefficient (Wildman–Crippen LogP) is 7.62. The minimum atomic E-state index is -1.59. The first-order chi connectivity index (χ1) is 26.1. The number of hydrazine groups is 1. The number of hydrogen-bond acceptors (Lipinski definition) is 7. The zero-order valence-electron chi connectivity index (χ0n) is 29.4. The van der Waals surface area contributed by atoms with E-state index in [0.29, 0.717) is 39.6 Å². The number of anilines is 1. The lowest BCUT2D eigenvalue weighted by atomic mass is 9.49. The number of carbonyl (C=O) groups excluding carboxylic acids is 4. The Morgan fingerprint density at radius 2 is 1.69 bits per heavy atom. The molecule has 0 spiro atoms. The maximum absolute atomic E-state index is 15.5. The van der Waals surface area contributed by atoms with Gasteiger partial charge >= 0.3 is 0 Å². The number of fused-ring (bicyclic) bond motifs is 4. The molecule has 2 aliphatic carbocycles. The molecular formula is C43H37Cl2N3O6. The number of nitrogens with zero attached hydrogens (tertiary/aromatic N) is 2. The number of ether oxygens (including phenoxy) is 1. The first-order valence-electron chi connectivity index (χ1n) is 17.9. The maximum Gasteiger partial charge on any atom is 0.260 e. The van der Waals surface area contributed by atoms with Gasteiger partial charge in [0.05, 0.1) is 47.5 Å². The normalized spacial score (nSPS) is 25.9. The van der Waals surface area contributed by atoms with Crippen molar-refractivity contribution in [1.82, 2.24) is 9.91 Å². The maximum atomic E-state index is 15.5. The molecule has 0 bridgehead atoms. The smallest absolute Gasteiger partial charge is 0.260 e. The fraction of sp³-hybridized carbons (Fsp3) is 0.256. The molecule has 4 aromatic carbocycles. The number of phenols is 1. The summed E-state index contributed by atoms with van der Waals surface area (Å²) < 4.78 is 5.48. The van der Waals surface area contributed by atoms with E-state index in [9.17, 15) is 19.5 Å². The minimum absolute atomic E-state index is 0.0235. The van der Waals surface area contributed by atoms with E-state index in [2.05, 4.69) is 12.0 Å². The number of aromatic hydroxyl groups is 1. The van der Waals surface area contributed by atoms with Gasteiger partial charge in [-0.15, -0.1) is 6.58 Å². The lowest BCUT2D eigenvalue weighted by Gasteiger charge is -2.50. The summed E-state index contributed by atoms with van der Waals surface area (Å²) in [7, 11) is 1.54. The van der Waals surface area contributed by atoms with Crippen LogP contribution >= 0.6 is 23.2 Å². The van der Waals surface area contributed by atoms with Gasteiger partial charge in [-0.05, 0) is 72.2 Å². The highest BCUT2D eigenvalue weighted by Crippen LogP contribution is 2.65. The second-order valence-corrected chi connectivity index (χ2v) is 15.2. The SMILES string of the molecule is C=CCc1cccc(C2C3=CCC4C(=O)N(Cc5ccccc5)C(=O)C4C3CC3C(=O)N(Nc4ccc(Cl)cc4Cl)C(=O)C32c2ccc(OC)cc2)c1O. The number of phenolic OH excluding ortho intramolecular Hbond substituents is 1. The van der Waals surface area contributed by atoms with E-state index < -0.39 is 46.8 Å². The van der Waals surface area contributed by atoms with Crippen LogP contribution in [0.3, 0.4) is 0 Å². The molecule has 4 aromatic rings. The van der Waals surface area contributed by atoms with Crippen LogP contribution < -0.4 is 10.2 Å².